The van der Waals surface area contributed by atoms with Gasteiger partial charge in [-0.05, 0) is 75.9 Å². The molecule has 0 amide bonds. The average molecular weight is 390 g/mol. The third-order valence-corrected chi connectivity index (χ3v) is 5.40. The zero-order valence-corrected chi connectivity index (χ0v) is 17.5. The number of hydrogen-bond acceptors (Lipinski definition) is 4. The van der Waals surface area contributed by atoms with Gasteiger partial charge in [-0.15, -0.1) is 0 Å². The normalized spacial score (nSPS) is 16.1. The van der Waals surface area contributed by atoms with Crippen molar-refractivity contribution in [3.8, 4) is 11.3 Å². The number of benzene rings is 1. The summed E-state index contributed by atoms with van der Waals surface area (Å²) in [5, 5.41) is 7.86. The molecular formula is C22H26BFN5. The lowest BCUT2D eigenvalue weighted by Crippen LogP contribution is -2.26. The largest absolute Gasteiger partial charge is 0.317 e. The third kappa shape index (κ3) is 4.25. The first-order valence-corrected chi connectivity index (χ1v) is 10.2. The van der Waals surface area contributed by atoms with E-state index in [0.29, 0.717) is 5.69 Å². The third-order valence-electron chi connectivity index (χ3n) is 5.40. The van der Waals surface area contributed by atoms with Crippen LogP contribution in [-0.2, 0) is 0 Å². The number of nitrogens with zero attached hydrogens (tertiary/aromatic N) is 4. The molecule has 0 aliphatic carbocycles. The molecule has 5 rings (SSSR count). The molecule has 5 nitrogen and oxygen atoms in total. The smallest absolute Gasteiger partial charge is 0.213 e. The van der Waals surface area contributed by atoms with E-state index in [0.717, 1.165) is 45.2 Å². The fraction of sp³-hybridized carbons (Fsp3) is 0.409. The van der Waals surface area contributed by atoms with E-state index in [1.165, 1.54) is 32.0 Å². The van der Waals surface area contributed by atoms with Gasteiger partial charge in [0.05, 0.1) is 23.3 Å². The quantitative estimate of drug-likeness (QED) is 0.647. The molecule has 4 heterocycles. The van der Waals surface area contributed by atoms with E-state index >= 15 is 0 Å². The molecule has 7 heteroatoms. The molecule has 0 spiro atoms. The van der Waals surface area contributed by atoms with Gasteiger partial charge in [0.15, 0.2) is 5.65 Å². The van der Waals surface area contributed by atoms with Crippen molar-refractivity contribution >= 4 is 29.7 Å². The molecule has 1 saturated heterocycles. The number of aliphatic imine (C=N–C) groups is 1. The highest BCUT2D eigenvalue weighted by Gasteiger charge is 2.19. The summed E-state index contributed by atoms with van der Waals surface area (Å²) in [5.41, 5.74) is 6.24. The maximum absolute atomic E-state index is 14.3. The number of hydrogen-bond donors (Lipinski definition) is 1. The van der Waals surface area contributed by atoms with Crippen molar-refractivity contribution < 1.29 is 4.39 Å². The Labute approximate surface area is 171 Å². The van der Waals surface area contributed by atoms with E-state index < -0.39 is 0 Å². The Bertz CT molecular complexity index is 1080. The van der Waals surface area contributed by atoms with E-state index in [2.05, 4.69) is 27.3 Å². The summed E-state index contributed by atoms with van der Waals surface area (Å²) < 4.78 is 16.0. The van der Waals surface area contributed by atoms with Crippen molar-refractivity contribution in [3.05, 3.63) is 41.5 Å². The molecule has 1 fully saturated rings. The van der Waals surface area contributed by atoms with Gasteiger partial charge in [-0.1, -0.05) is 18.5 Å². The summed E-state index contributed by atoms with van der Waals surface area (Å²) in [4.78, 5) is 8.64. The zero-order chi connectivity index (χ0) is 20.5. The minimum Gasteiger partial charge on any atom is -0.317 e. The molecule has 1 aromatic carbocycles. The summed E-state index contributed by atoms with van der Waals surface area (Å²) in [7, 11) is 1.88. The molecule has 0 atom stereocenters. The standard InChI is InChI=1S/C16H13BFN4.C6H13N/c1-8-4-14(21-22-7-9(2)19-16(8)22)11-5-12-15(13(18)6-11)20-10(3)17-12;1-6-2-4-7-5-3-6/h4-7H,1-3H3;6-7H,2-5H2,1H3. The van der Waals surface area contributed by atoms with E-state index in [9.17, 15) is 4.39 Å². The zero-order valence-electron chi connectivity index (χ0n) is 17.5. The van der Waals surface area contributed by atoms with Crippen LogP contribution in [0.25, 0.3) is 16.9 Å². The highest BCUT2D eigenvalue weighted by molar-refractivity contribution is 6.88. The van der Waals surface area contributed by atoms with Gasteiger partial charge in [-0.2, -0.15) is 5.10 Å². The summed E-state index contributed by atoms with van der Waals surface area (Å²) in [6, 6.07) is 5.35. The highest BCUT2D eigenvalue weighted by atomic mass is 19.1. The molecule has 0 unspecified atom stereocenters. The summed E-state index contributed by atoms with van der Waals surface area (Å²) in [6.45, 7) is 10.6. The second kappa shape index (κ2) is 8.07. The van der Waals surface area contributed by atoms with Crippen LogP contribution in [0.4, 0.5) is 10.1 Å². The molecule has 149 valence electrons. The van der Waals surface area contributed by atoms with Crippen LogP contribution >= 0.6 is 0 Å². The second-order valence-corrected chi connectivity index (χ2v) is 8.09. The Hall–Kier alpha value is -2.54. The molecule has 1 N–H and O–H groups in total. The van der Waals surface area contributed by atoms with Crippen molar-refractivity contribution in [1.29, 1.82) is 0 Å². The monoisotopic (exact) mass is 390 g/mol. The van der Waals surface area contributed by atoms with Gasteiger partial charge in [-0.25, -0.2) is 13.9 Å². The number of aromatic nitrogens is 3. The first-order valence-electron chi connectivity index (χ1n) is 10.2. The molecule has 0 saturated carbocycles. The fourth-order valence-electron chi connectivity index (χ4n) is 3.78. The van der Waals surface area contributed by atoms with Crippen LogP contribution in [-0.4, -0.2) is 40.6 Å². The van der Waals surface area contributed by atoms with E-state index in [1.807, 2.05) is 46.4 Å². The summed E-state index contributed by atoms with van der Waals surface area (Å²) in [6.07, 6.45) is 4.62. The molecule has 0 bridgehead atoms. The van der Waals surface area contributed by atoms with Crippen LogP contribution in [0.3, 0.4) is 0 Å². The van der Waals surface area contributed by atoms with Gasteiger partial charge in [-0.3, -0.25) is 4.99 Å². The van der Waals surface area contributed by atoms with Gasteiger partial charge in [0, 0.05) is 5.56 Å². The van der Waals surface area contributed by atoms with E-state index in [4.69, 9.17) is 0 Å². The summed E-state index contributed by atoms with van der Waals surface area (Å²) in [5.74, 6) is 0.656. The van der Waals surface area contributed by atoms with Gasteiger partial charge in [0.25, 0.3) is 0 Å². The van der Waals surface area contributed by atoms with Gasteiger partial charge >= 0.3 is 0 Å². The topological polar surface area (TPSA) is 54.6 Å². The van der Waals surface area contributed by atoms with Crippen molar-refractivity contribution in [2.24, 2.45) is 10.9 Å². The number of aryl methyl sites for hydroxylation is 2. The fourth-order valence-corrected chi connectivity index (χ4v) is 3.78. The van der Waals surface area contributed by atoms with Gasteiger partial charge in [0.1, 0.15) is 5.82 Å². The van der Waals surface area contributed by atoms with E-state index in [-0.39, 0.29) is 5.82 Å². The lowest BCUT2D eigenvalue weighted by atomic mass is 9.67. The predicted molar refractivity (Wildman–Crippen MR) is 117 cm³/mol. The lowest BCUT2D eigenvalue weighted by Gasteiger charge is -2.17. The van der Waals surface area contributed by atoms with Crippen molar-refractivity contribution in [1.82, 2.24) is 19.9 Å². The number of fused-ring (bicyclic) bond motifs is 2. The Balaban J connectivity index is 0.000000249. The molecule has 29 heavy (non-hydrogen) atoms. The van der Waals surface area contributed by atoms with Crippen molar-refractivity contribution in [3.63, 3.8) is 0 Å². The van der Waals surface area contributed by atoms with Gasteiger partial charge in [0.2, 0.25) is 7.28 Å². The lowest BCUT2D eigenvalue weighted by molar-refractivity contribution is 0.402. The highest BCUT2D eigenvalue weighted by Crippen LogP contribution is 2.26. The Kier molecular flexibility index (Phi) is 5.50. The molecule has 2 aliphatic heterocycles. The SMILES string of the molecule is CC1=Nc2c(F)cc(-c3cc(C)c4nc(C)cn4n3)cc2[B]1.CC1CCNCC1. The minimum absolute atomic E-state index is 0.318. The number of piperidine rings is 1. The van der Waals surface area contributed by atoms with Gasteiger partial charge < -0.3 is 5.32 Å². The number of halogens is 1. The first-order chi connectivity index (χ1) is 13.9. The second-order valence-electron chi connectivity index (χ2n) is 8.09. The van der Waals surface area contributed by atoms with Crippen LogP contribution in [0, 0.1) is 25.6 Å². The molecular weight excluding hydrogens is 364 g/mol. The van der Waals surface area contributed by atoms with E-state index in [1.54, 1.807) is 4.52 Å². The first kappa shape index (κ1) is 19.8. The molecule has 1 radical (unpaired) electrons. The average Bonchev–Trinajstić information content (AvgIpc) is 3.24. The van der Waals surface area contributed by atoms with Crippen LogP contribution in [0.2, 0.25) is 0 Å². The Morgan fingerprint density at radius 1 is 1.14 bits per heavy atom. The van der Waals surface area contributed by atoms with Crippen LogP contribution in [0.15, 0.2) is 29.4 Å². The maximum atomic E-state index is 14.3. The van der Waals surface area contributed by atoms with Crippen LogP contribution in [0.5, 0.6) is 0 Å². The number of nitrogens with one attached hydrogen (secondary N) is 1. The minimum atomic E-state index is -0.318. The molecule has 2 aromatic heterocycles. The molecule has 3 aromatic rings. The number of rotatable bonds is 1. The van der Waals surface area contributed by atoms with Crippen molar-refractivity contribution in [2.45, 2.75) is 40.5 Å². The molecule has 2 aliphatic rings. The Morgan fingerprint density at radius 3 is 2.59 bits per heavy atom. The predicted octanol–water partition coefficient (Wildman–Crippen LogP) is 3.55. The Morgan fingerprint density at radius 2 is 1.90 bits per heavy atom. The maximum Gasteiger partial charge on any atom is 0.213 e. The van der Waals surface area contributed by atoms with Crippen molar-refractivity contribution in [2.75, 3.05) is 13.1 Å². The summed E-state index contributed by atoms with van der Waals surface area (Å²) >= 11 is 0. The van der Waals surface area contributed by atoms with Crippen LogP contribution in [0.1, 0.15) is 37.9 Å². The number of imidazole rings is 1. The van der Waals surface area contributed by atoms with Crippen LogP contribution < -0.4 is 10.8 Å².